The number of aliphatic hydroxyl groups excluding tert-OH is 1. The quantitative estimate of drug-likeness (QED) is 0.655. The minimum Gasteiger partial charge on any atom is -0.393 e. The summed E-state index contributed by atoms with van der Waals surface area (Å²) < 4.78 is 15.6. The zero-order chi connectivity index (χ0) is 20.4. The molecule has 2 aromatic heterocycles. The van der Waals surface area contributed by atoms with Crippen molar-refractivity contribution in [2.24, 2.45) is 0 Å². The lowest BCUT2D eigenvalue weighted by atomic mass is 9.91. The fourth-order valence-corrected chi connectivity index (χ4v) is 5.06. The molecule has 0 amide bonds. The maximum absolute atomic E-state index is 13.5. The molecular formula is C21H24FN5OS. The van der Waals surface area contributed by atoms with Crippen LogP contribution in [-0.4, -0.2) is 44.0 Å². The molecule has 1 fully saturated rings. The lowest BCUT2D eigenvalue weighted by molar-refractivity contribution is 0.0926. The Balaban J connectivity index is 1.93. The second-order valence-corrected chi connectivity index (χ2v) is 8.40. The molecule has 0 bridgehead atoms. The van der Waals surface area contributed by atoms with Crippen LogP contribution in [0.15, 0.2) is 42.9 Å². The number of anilines is 1. The summed E-state index contributed by atoms with van der Waals surface area (Å²) >= 11 is 1.72. The van der Waals surface area contributed by atoms with Crippen LogP contribution >= 0.6 is 11.8 Å². The van der Waals surface area contributed by atoms with Gasteiger partial charge in [0.25, 0.3) is 0 Å². The summed E-state index contributed by atoms with van der Waals surface area (Å²) in [4.78, 5) is 13.3. The van der Waals surface area contributed by atoms with Crippen LogP contribution in [0.2, 0.25) is 0 Å². The molecule has 29 heavy (non-hydrogen) atoms. The van der Waals surface area contributed by atoms with Gasteiger partial charge in [-0.05, 0) is 55.9 Å². The van der Waals surface area contributed by atoms with Crippen LogP contribution in [0.3, 0.4) is 0 Å². The summed E-state index contributed by atoms with van der Waals surface area (Å²) in [7, 11) is 1.78. The van der Waals surface area contributed by atoms with Gasteiger partial charge >= 0.3 is 0 Å². The highest BCUT2D eigenvalue weighted by Gasteiger charge is 2.39. The Morgan fingerprint density at radius 3 is 2.72 bits per heavy atom. The minimum absolute atomic E-state index is 0.287. The molecule has 3 aromatic rings. The fraction of sp³-hybridized carbons (Fsp3) is 0.381. The highest BCUT2D eigenvalue weighted by molar-refractivity contribution is 7.99. The third-order valence-corrected chi connectivity index (χ3v) is 6.81. The van der Waals surface area contributed by atoms with Gasteiger partial charge in [0.1, 0.15) is 5.82 Å². The van der Waals surface area contributed by atoms with E-state index < -0.39 is 0 Å². The lowest BCUT2D eigenvalue weighted by Gasteiger charge is -2.40. The topological polar surface area (TPSA) is 75.9 Å². The predicted molar refractivity (Wildman–Crippen MR) is 114 cm³/mol. The summed E-state index contributed by atoms with van der Waals surface area (Å²) in [6.45, 7) is 0. The van der Waals surface area contributed by atoms with Crippen molar-refractivity contribution in [2.45, 2.75) is 36.7 Å². The number of aromatic nitrogens is 4. The zero-order valence-corrected chi connectivity index (χ0v) is 17.3. The monoisotopic (exact) mass is 413 g/mol. The van der Waals surface area contributed by atoms with Crippen molar-refractivity contribution in [1.82, 2.24) is 19.5 Å². The first-order valence-electron chi connectivity index (χ1n) is 9.64. The molecule has 2 unspecified atom stereocenters. The summed E-state index contributed by atoms with van der Waals surface area (Å²) in [6.07, 6.45) is 8.58. The van der Waals surface area contributed by atoms with Crippen LogP contribution in [-0.2, 0) is 4.87 Å². The molecule has 1 aromatic carbocycles. The molecule has 2 heterocycles. The van der Waals surface area contributed by atoms with Gasteiger partial charge in [0, 0.05) is 25.2 Å². The van der Waals surface area contributed by atoms with Crippen LogP contribution in [0.25, 0.3) is 22.6 Å². The summed E-state index contributed by atoms with van der Waals surface area (Å²) in [5, 5.41) is 13.4. The number of halogens is 1. The Morgan fingerprint density at radius 1 is 1.24 bits per heavy atom. The van der Waals surface area contributed by atoms with Crippen molar-refractivity contribution < 1.29 is 9.50 Å². The van der Waals surface area contributed by atoms with Crippen molar-refractivity contribution >= 4 is 17.7 Å². The second-order valence-electron chi connectivity index (χ2n) is 7.23. The van der Waals surface area contributed by atoms with Crippen molar-refractivity contribution in [2.75, 3.05) is 18.6 Å². The van der Waals surface area contributed by atoms with Gasteiger partial charge in [0.2, 0.25) is 5.95 Å². The molecule has 0 aliphatic heterocycles. The summed E-state index contributed by atoms with van der Waals surface area (Å²) in [5.74, 6) is 0.229. The first kappa shape index (κ1) is 19.8. The molecule has 152 valence electrons. The van der Waals surface area contributed by atoms with Gasteiger partial charge in [-0.2, -0.15) is 0 Å². The number of nitrogens with one attached hydrogen (secondary N) is 1. The van der Waals surface area contributed by atoms with E-state index in [0.717, 1.165) is 41.9 Å². The van der Waals surface area contributed by atoms with E-state index in [9.17, 15) is 9.50 Å². The Hall–Kier alpha value is -2.45. The first-order chi connectivity index (χ1) is 14.1. The molecular weight excluding hydrogens is 389 g/mol. The summed E-state index contributed by atoms with van der Waals surface area (Å²) in [6, 6.07) is 8.19. The molecule has 1 aliphatic rings. The molecule has 2 atom stereocenters. The standard InChI is InChI=1S/C21H24FN5OS/c1-23-20-24-11-9-17(26-20)19-18(14-5-7-15(22)8-6-14)25-13-27(19)21(29-2)10-3-4-16(28)12-21/h5-9,11,13,16,28H,3-4,10,12H2,1-2H3,(H,23,24,26). The lowest BCUT2D eigenvalue weighted by Crippen LogP contribution is -2.37. The average Bonchev–Trinajstić information content (AvgIpc) is 3.20. The number of imidazole rings is 1. The van der Waals surface area contributed by atoms with Crippen LogP contribution < -0.4 is 5.32 Å². The van der Waals surface area contributed by atoms with Gasteiger partial charge in [-0.3, -0.25) is 0 Å². The molecule has 1 aliphatic carbocycles. The van der Waals surface area contributed by atoms with Crippen LogP contribution in [0, 0.1) is 5.82 Å². The molecule has 2 N–H and O–H groups in total. The van der Waals surface area contributed by atoms with E-state index in [1.165, 1.54) is 12.1 Å². The summed E-state index contributed by atoms with van der Waals surface area (Å²) in [5.41, 5.74) is 3.13. The number of hydrogen-bond donors (Lipinski definition) is 2. The Bertz CT molecular complexity index is 993. The van der Waals surface area contributed by atoms with Crippen LogP contribution in [0.1, 0.15) is 25.7 Å². The van der Waals surface area contributed by atoms with E-state index >= 15 is 0 Å². The van der Waals surface area contributed by atoms with E-state index in [-0.39, 0.29) is 16.8 Å². The molecule has 0 saturated heterocycles. The highest BCUT2D eigenvalue weighted by Crippen LogP contribution is 2.46. The van der Waals surface area contributed by atoms with Gasteiger partial charge in [-0.15, -0.1) is 11.8 Å². The average molecular weight is 414 g/mol. The number of rotatable bonds is 5. The van der Waals surface area contributed by atoms with Gasteiger partial charge in [0.15, 0.2) is 0 Å². The molecule has 6 nitrogen and oxygen atoms in total. The number of hydrogen-bond acceptors (Lipinski definition) is 6. The maximum Gasteiger partial charge on any atom is 0.222 e. The molecule has 0 radical (unpaired) electrons. The van der Waals surface area contributed by atoms with Crippen molar-refractivity contribution in [3.8, 4) is 22.6 Å². The van der Waals surface area contributed by atoms with Crippen molar-refractivity contribution in [3.63, 3.8) is 0 Å². The minimum atomic E-state index is -0.348. The smallest absolute Gasteiger partial charge is 0.222 e. The Kier molecular flexibility index (Phi) is 5.56. The number of benzene rings is 1. The molecule has 0 spiro atoms. The van der Waals surface area contributed by atoms with E-state index in [4.69, 9.17) is 4.98 Å². The van der Waals surface area contributed by atoms with Crippen LogP contribution in [0.5, 0.6) is 0 Å². The highest BCUT2D eigenvalue weighted by atomic mass is 32.2. The van der Waals surface area contributed by atoms with E-state index in [0.29, 0.717) is 12.4 Å². The number of nitrogens with zero attached hydrogens (tertiary/aromatic N) is 4. The normalized spacial score (nSPS) is 21.9. The third-order valence-electron chi connectivity index (χ3n) is 5.49. The number of thioether (sulfide) groups is 1. The van der Waals surface area contributed by atoms with Gasteiger partial charge in [-0.25, -0.2) is 19.3 Å². The Labute approximate surface area is 173 Å². The Morgan fingerprint density at radius 2 is 2.03 bits per heavy atom. The maximum atomic E-state index is 13.5. The second kappa shape index (κ2) is 8.12. The third kappa shape index (κ3) is 3.74. The first-order valence-corrected chi connectivity index (χ1v) is 10.9. The largest absolute Gasteiger partial charge is 0.393 e. The van der Waals surface area contributed by atoms with Gasteiger partial charge in [0.05, 0.1) is 34.4 Å². The van der Waals surface area contributed by atoms with E-state index in [1.807, 2.05) is 12.4 Å². The molecule has 1 saturated carbocycles. The van der Waals surface area contributed by atoms with Gasteiger partial charge < -0.3 is 15.0 Å². The van der Waals surface area contributed by atoms with Crippen molar-refractivity contribution in [1.29, 1.82) is 0 Å². The molecule has 4 rings (SSSR count). The fourth-order valence-electron chi connectivity index (χ4n) is 4.02. The predicted octanol–water partition coefficient (Wildman–Crippen LogP) is 4.14. The number of aliphatic hydroxyl groups is 1. The van der Waals surface area contributed by atoms with E-state index in [2.05, 4.69) is 26.1 Å². The molecule has 8 heteroatoms. The van der Waals surface area contributed by atoms with Crippen molar-refractivity contribution in [3.05, 3.63) is 48.7 Å². The van der Waals surface area contributed by atoms with Crippen LogP contribution in [0.4, 0.5) is 10.3 Å². The van der Waals surface area contributed by atoms with E-state index in [1.54, 1.807) is 37.1 Å². The van der Waals surface area contributed by atoms with Gasteiger partial charge in [-0.1, -0.05) is 0 Å². The zero-order valence-electron chi connectivity index (χ0n) is 16.5. The SMILES string of the molecule is CNc1nccc(-c2c(-c3ccc(F)cc3)ncn2C2(SC)CCCC(O)C2)n1.